The van der Waals surface area contributed by atoms with Crippen molar-refractivity contribution in [2.45, 2.75) is 245 Å². The Hall–Kier alpha value is -3.41. The Balaban J connectivity index is 4.43. The van der Waals surface area contributed by atoms with Gasteiger partial charge in [-0.25, -0.2) is 0 Å². The van der Waals surface area contributed by atoms with Crippen molar-refractivity contribution in [2.75, 3.05) is 13.2 Å². The first-order valence-corrected chi connectivity index (χ1v) is 26.1. The van der Waals surface area contributed by atoms with Gasteiger partial charge in [0.2, 0.25) is 0 Å². The lowest BCUT2D eigenvalue weighted by Crippen LogP contribution is -2.30. The van der Waals surface area contributed by atoms with E-state index < -0.39 is 6.10 Å². The average molecular weight is 877 g/mol. The molecule has 6 heteroatoms. The molecule has 0 spiro atoms. The highest BCUT2D eigenvalue weighted by molar-refractivity contribution is 5.71. The Bertz CT molecular complexity index is 1240. The van der Waals surface area contributed by atoms with Gasteiger partial charge < -0.3 is 14.2 Å². The third kappa shape index (κ3) is 49.5. The summed E-state index contributed by atoms with van der Waals surface area (Å²) in [7, 11) is 0. The van der Waals surface area contributed by atoms with Crippen LogP contribution in [0.2, 0.25) is 0 Å². The molecule has 6 nitrogen and oxygen atoms in total. The average Bonchev–Trinajstić information content (AvgIpc) is 3.28. The van der Waals surface area contributed by atoms with E-state index >= 15 is 0 Å². The van der Waals surface area contributed by atoms with E-state index in [-0.39, 0.29) is 31.1 Å². The Kier molecular flexibility index (Phi) is 48.5. The second-order valence-electron chi connectivity index (χ2n) is 17.0. The first-order chi connectivity index (χ1) is 31.0. The van der Waals surface area contributed by atoms with E-state index in [0.29, 0.717) is 19.3 Å². The molecular weight excluding hydrogens is 781 g/mol. The lowest BCUT2D eigenvalue weighted by Gasteiger charge is -2.18. The fraction of sp³-hybridized carbons (Fsp3) is 0.702. The van der Waals surface area contributed by atoms with Gasteiger partial charge in [0.15, 0.2) is 6.10 Å². The standard InChI is InChI=1S/C57H96O6/c1-4-7-10-13-16-19-22-24-26-27-28-29-31-33-36-38-41-44-47-50-56(59)62-53-54(63-57(60)51-48-45-42-39-34-21-18-15-12-9-6-3)52-61-55(58)49-46-43-40-37-35-32-30-25-23-20-17-14-11-8-5-2/h7,10,15-16,18-19,24-26,28-30,33,36,54H,4-6,8-9,11-14,17,20-23,27,31-32,34-35,37-53H2,1-3H3/b10-7-,18-15-,19-16-,26-24-,29-28-,30-25-,36-33-/t54-/m0/s1. The van der Waals surface area contributed by atoms with Crippen LogP contribution in [-0.2, 0) is 28.6 Å². The number of esters is 3. The van der Waals surface area contributed by atoms with Crippen molar-refractivity contribution in [3.63, 3.8) is 0 Å². The molecule has 63 heavy (non-hydrogen) atoms. The largest absolute Gasteiger partial charge is 0.462 e. The van der Waals surface area contributed by atoms with Crippen LogP contribution in [0.4, 0.5) is 0 Å². The number of hydrogen-bond donors (Lipinski definition) is 0. The second-order valence-corrected chi connectivity index (χ2v) is 17.0. The van der Waals surface area contributed by atoms with Crippen molar-refractivity contribution in [3.8, 4) is 0 Å². The zero-order chi connectivity index (χ0) is 45.8. The van der Waals surface area contributed by atoms with Crippen LogP contribution >= 0.6 is 0 Å². The molecule has 0 bridgehead atoms. The van der Waals surface area contributed by atoms with Gasteiger partial charge in [0.05, 0.1) is 0 Å². The van der Waals surface area contributed by atoms with Crippen LogP contribution < -0.4 is 0 Å². The van der Waals surface area contributed by atoms with E-state index in [1.54, 1.807) is 0 Å². The highest BCUT2D eigenvalue weighted by atomic mass is 16.6. The number of unbranched alkanes of at least 4 members (excludes halogenated alkanes) is 21. The lowest BCUT2D eigenvalue weighted by molar-refractivity contribution is -0.167. The quantitative estimate of drug-likeness (QED) is 0.0262. The SMILES string of the molecule is CC/C=C\C/C=C\C/C=C\C/C=C\C/C=C\CCCCCC(=O)OC[C@H](COC(=O)CCCCCCC/C=C\CCCCCCCC)OC(=O)CCCCCCC/C=C\CCCC. The summed E-state index contributed by atoms with van der Waals surface area (Å²) in [5.74, 6) is -0.947. The molecule has 0 aliphatic rings. The Morgan fingerprint density at radius 2 is 0.635 bits per heavy atom. The van der Waals surface area contributed by atoms with Crippen LogP contribution in [0.15, 0.2) is 85.1 Å². The maximum atomic E-state index is 12.8. The topological polar surface area (TPSA) is 78.9 Å². The molecule has 0 aromatic rings. The molecule has 0 fully saturated rings. The monoisotopic (exact) mass is 877 g/mol. The fourth-order valence-corrected chi connectivity index (χ4v) is 6.91. The zero-order valence-electron chi connectivity index (χ0n) is 41.1. The van der Waals surface area contributed by atoms with Crippen LogP contribution in [0.1, 0.15) is 239 Å². The molecule has 0 aliphatic carbocycles. The summed E-state index contributed by atoms with van der Waals surface area (Å²) >= 11 is 0. The maximum absolute atomic E-state index is 12.8. The summed E-state index contributed by atoms with van der Waals surface area (Å²) in [5.41, 5.74) is 0. The molecule has 0 amide bonds. The van der Waals surface area contributed by atoms with Crippen molar-refractivity contribution in [2.24, 2.45) is 0 Å². The number of carbonyl (C=O) groups is 3. The fourth-order valence-electron chi connectivity index (χ4n) is 6.91. The Labute approximate surface area is 388 Å². The molecule has 0 aromatic heterocycles. The normalized spacial score (nSPS) is 12.7. The highest BCUT2D eigenvalue weighted by Crippen LogP contribution is 2.13. The van der Waals surface area contributed by atoms with Gasteiger partial charge in [0.25, 0.3) is 0 Å². The molecule has 0 rings (SSSR count). The number of hydrogen-bond acceptors (Lipinski definition) is 6. The summed E-state index contributed by atoms with van der Waals surface area (Å²) in [6, 6.07) is 0. The minimum atomic E-state index is -0.797. The molecule has 0 unspecified atom stereocenters. The molecule has 0 radical (unpaired) electrons. The molecule has 360 valence electrons. The molecule has 0 aliphatic heterocycles. The summed E-state index contributed by atoms with van der Waals surface area (Å²) in [6.07, 6.45) is 65.7. The predicted octanol–water partition coefficient (Wildman–Crippen LogP) is 17.2. The first-order valence-electron chi connectivity index (χ1n) is 26.1. The maximum Gasteiger partial charge on any atom is 0.306 e. The third-order valence-corrected chi connectivity index (χ3v) is 10.9. The van der Waals surface area contributed by atoms with Crippen LogP contribution in [-0.4, -0.2) is 37.2 Å². The molecule has 0 N–H and O–H groups in total. The van der Waals surface area contributed by atoms with Crippen molar-refractivity contribution in [3.05, 3.63) is 85.1 Å². The van der Waals surface area contributed by atoms with Gasteiger partial charge >= 0.3 is 17.9 Å². The number of carbonyl (C=O) groups excluding carboxylic acids is 3. The van der Waals surface area contributed by atoms with Gasteiger partial charge in [-0.15, -0.1) is 0 Å². The van der Waals surface area contributed by atoms with E-state index in [1.807, 2.05) is 0 Å². The van der Waals surface area contributed by atoms with Crippen LogP contribution in [0.3, 0.4) is 0 Å². The van der Waals surface area contributed by atoms with Crippen molar-refractivity contribution in [1.82, 2.24) is 0 Å². The predicted molar refractivity (Wildman–Crippen MR) is 270 cm³/mol. The Morgan fingerprint density at radius 1 is 0.333 bits per heavy atom. The summed E-state index contributed by atoms with van der Waals surface area (Å²) in [4.78, 5) is 37.9. The van der Waals surface area contributed by atoms with Gasteiger partial charge in [-0.1, -0.05) is 196 Å². The van der Waals surface area contributed by atoms with E-state index in [4.69, 9.17) is 14.2 Å². The molecule has 0 aromatic carbocycles. The number of rotatable bonds is 46. The molecule has 0 heterocycles. The van der Waals surface area contributed by atoms with Gasteiger partial charge in [-0.2, -0.15) is 0 Å². The van der Waals surface area contributed by atoms with Gasteiger partial charge in [-0.3, -0.25) is 14.4 Å². The van der Waals surface area contributed by atoms with Crippen LogP contribution in [0, 0.1) is 0 Å². The summed E-state index contributed by atoms with van der Waals surface area (Å²) in [6.45, 7) is 6.43. The number of allylic oxidation sites excluding steroid dienone is 14. The van der Waals surface area contributed by atoms with Crippen molar-refractivity contribution < 1.29 is 28.6 Å². The first kappa shape index (κ1) is 59.6. The Morgan fingerprint density at radius 3 is 1.05 bits per heavy atom. The van der Waals surface area contributed by atoms with Gasteiger partial charge in [-0.05, 0) is 109 Å². The molecule has 1 atom stereocenters. The van der Waals surface area contributed by atoms with Crippen LogP contribution in [0.25, 0.3) is 0 Å². The smallest absolute Gasteiger partial charge is 0.306 e. The summed E-state index contributed by atoms with van der Waals surface area (Å²) in [5, 5.41) is 0. The minimum absolute atomic E-state index is 0.0953. The highest BCUT2D eigenvalue weighted by Gasteiger charge is 2.19. The molecule has 0 saturated heterocycles. The minimum Gasteiger partial charge on any atom is -0.462 e. The lowest BCUT2D eigenvalue weighted by atomic mass is 10.1. The second kappa shape index (κ2) is 51.2. The van der Waals surface area contributed by atoms with Gasteiger partial charge in [0, 0.05) is 19.3 Å². The summed E-state index contributed by atoms with van der Waals surface area (Å²) < 4.78 is 16.7. The van der Waals surface area contributed by atoms with Gasteiger partial charge in [0.1, 0.15) is 13.2 Å². The molecule has 0 saturated carbocycles. The zero-order valence-corrected chi connectivity index (χ0v) is 41.1. The van der Waals surface area contributed by atoms with E-state index in [0.717, 1.165) is 116 Å². The van der Waals surface area contributed by atoms with E-state index in [2.05, 4.69) is 106 Å². The van der Waals surface area contributed by atoms with Crippen molar-refractivity contribution in [1.29, 1.82) is 0 Å². The van der Waals surface area contributed by atoms with Crippen molar-refractivity contribution >= 4 is 17.9 Å². The number of ether oxygens (including phenoxy) is 3. The van der Waals surface area contributed by atoms with E-state index in [9.17, 15) is 14.4 Å². The van der Waals surface area contributed by atoms with Crippen LogP contribution in [0.5, 0.6) is 0 Å². The van der Waals surface area contributed by atoms with E-state index in [1.165, 1.54) is 83.5 Å². The third-order valence-electron chi connectivity index (χ3n) is 10.9. The molecular formula is C57H96O6.